The monoisotopic (exact) mass is 928 g/mol. The second kappa shape index (κ2) is 21.2. The summed E-state index contributed by atoms with van der Waals surface area (Å²) in [5.41, 5.74) is 3.94. The molecule has 0 spiro atoms. The van der Waals surface area contributed by atoms with Crippen LogP contribution in [-0.2, 0) is 43.6 Å². The highest BCUT2D eigenvalue weighted by molar-refractivity contribution is 6.95. The molecule has 19 heteroatoms. The van der Waals surface area contributed by atoms with Gasteiger partial charge in [-0.1, -0.05) is 11.4 Å². The molecule has 10 nitrogen and oxygen atoms in total. The van der Waals surface area contributed by atoms with Crippen LogP contribution in [-0.4, -0.2) is 127 Å². The van der Waals surface area contributed by atoms with Crippen LogP contribution in [0.3, 0.4) is 0 Å². The molecule has 0 aromatic rings. The molecule has 0 radical (unpaired) electrons. The van der Waals surface area contributed by atoms with Gasteiger partial charge in [0, 0.05) is 13.2 Å². The minimum absolute atomic E-state index is 0.316. The third-order valence-corrected chi connectivity index (χ3v) is 43.2. The van der Waals surface area contributed by atoms with E-state index in [1.165, 1.54) is 0 Å². The zero-order chi connectivity index (χ0) is 42.0. The molecule has 2 heterocycles. The molecule has 2 aliphatic heterocycles. The number of hydrogen-bond acceptors (Lipinski definition) is 10. The summed E-state index contributed by atoms with van der Waals surface area (Å²) in [5.74, 6) is 0. The molecule has 0 amide bonds. The van der Waals surface area contributed by atoms with Gasteiger partial charge in [0.05, 0.1) is 26.4 Å². The molecule has 0 bridgehead atoms. The van der Waals surface area contributed by atoms with Crippen LogP contribution in [0.15, 0.2) is 24.6 Å². The van der Waals surface area contributed by atoms with Crippen molar-refractivity contribution < 1.29 is 43.6 Å². The number of hydrogen-bond donors (Lipinski definition) is 0. The summed E-state index contributed by atoms with van der Waals surface area (Å²) >= 11 is 0. The first kappa shape index (κ1) is 52.2. The Bertz CT molecular complexity index is 1100. The molecule has 0 aromatic carbocycles. The van der Waals surface area contributed by atoms with Crippen LogP contribution in [0.5, 0.6) is 0 Å². The summed E-state index contributed by atoms with van der Waals surface area (Å²) < 4.78 is 65.5. The first-order valence-electron chi connectivity index (χ1n) is 20.8. The normalized spacial score (nSPS) is 19.1. The molecule has 0 N–H and O–H groups in total. The minimum atomic E-state index is -3.70. The van der Waals surface area contributed by atoms with Crippen LogP contribution in [0.1, 0.15) is 12.8 Å². The fraction of sp³-hybridized carbons (Fsp3) is 0.889. The highest BCUT2D eigenvalue weighted by atomic mass is 28.5. The van der Waals surface area contributed by atoms with Crippen LogP contribution < -0.4 is 0 Å². The lowest BCUT2D eigenvalue weighted by molar-refractivity contribution is 0.116. The highest BCUT2D eigenvalue weighted by Gasteiger charge is 2.58. The molecule has 2 saturated heterocycles. The summed E-state index contributed by atoms with van der Waals surface area (Å²) in [4.78, 5) is 0. The van der Waals surface area contributed by atoms with Crippen LogP contribution in [0.2, 0.25) is 141 Å². The van der Waals surface area contributed by atoms with Crippen molar-refractivity contribution in [1.82, 2.24) is 0 Å². The molecule has 2 unspecified atom stereocenters. The lowest BCUT2D eigenvalue weighted by Gasteiger charge is -2.46. The van der Waals surface area contributed by atoms with E-state index in [0.29, 0.717) is 25.4 Å². The van der Waals surface area contributed by atoms with E-state index < -0.39 is 75.6 Å². The van der Waals surface area contributed by atoms with E-state index in [4.69, 9.17) is 43.6 Å². The van der Waals surface area contributed by atoms with Crippen LogP contribution in [0.25, 0.3) is 0 Å². The van der Waals surface area contributed by atoms with Crippen molar-refractivity contribution in [3.05, 3.63) is 24.6 Å². The van der Waals surface area contributed by atoms with Gasteiger partial charge in [-0.3, -0.25) is 0 Å². The van der Waals surface area contributed by atoms with Crippen molar-refractivity contribution in [2.75, 3.05) is 39.6 Å². The van der Waals surface area contributed by atoms with Gasteiger partial charge >= 0.3 is 9.05 Å². The summed E-state index contributed by atoms with van der Waals surface area (Å²) in [6.07, 6.45) is 2.69. The summed E-state index contributed by atoms with van der Waals surface area (Å²) in [5, 5.41) is 0. The Kier molecular flexibility index (Phi) is 20.1. The predicted octanol–water partition coefficient (Wildman–Crippen LogP) is 10.2. The number of epoxide rings is 2. The minimum Gasteiger partial charge on any atom is -0.456 e. The second-order valence-corrected chi connectivity index (χ2v) is 57.8. The molecule has 0 aliphatic carbocycles. The van der Waals surface area contributed by atoms with Crippen LogP contribution in [0, 0.1) is 0 Å². The molecular formula is C36H84O10Si9. The third kappa shape index (κ3) is 23.6. The Balaban J connectivity index is 2.18. The maximum absolute atomic E-state index is 7.41. The summed E-state index contributed by atoms with van der Waals surface area (Å²) in [6.45, 7) is 49.8. The Morgan fingerprint density at radius 3 is 0.982 bits per heavy atom. The van der Waals surface area contributed by atoms with Gasteiger partial charge in [0.25, 0.3) is 0 Å². The fourth-order valence-corrected chi connectivity index (χ4v) is 47.0. The lowest BCUT2D eigenvalue weighted by Crippen LogP contribution is -2.66. The Morgan fingerprint density at radius 2 is 0.709 bits per heavy atom. The molecule has 2 fully saturated rings. The highest BCUT2D eigenvalue weighted by Crippen LogP contribution is 2.36. The Morgan fingerprint density at radius 1 is 0.436 bits per heavy atom. The molecule has 2 aliphatic rings. The van der Waals surface area contributed by atoms with E-state index in [-0.39, 0.29) is 0 Å². The first-order chi connectivity index (χ1) is 24.9. The number of ether oxygens (including phenoxy) is 4. The summed E-state index contributed by atoms with van der Waals surface area (Å²) in [7, 11) is -21.1. The quantitative estimate of drug-likeness (QED) is 0.0368. The van der Waals surface area contributed by atoms with Gasteiger partial charge in [0.15, 0.2) is 49.9 Å². The molecular weight excluding hydrogens is 845 g/mol. The topological polar surface area (TPSA) is 98.9 Å². The standard InChI is InChI=1S/C36H84O10Si9/c1-19-47(3,4)43-55(44-48(5,6)20-2,45-53(15,16)29-27-51(11,12)41-49(7,8)25-21-23-37-31-35-33-39-35)46-54(17,18)30-28-52(13,14)42-50(9,10)26-22-24-38-32-36-34-40-36/h19-20,35-36H,1-2,21-34H2,3-18H3. The van der Waals surface area contributed by atoms with E-state index in [1.54, 1.807) is 0 Å². The van der Waals surface area contributed by atoms with Crippen molar-refractivity contribution in [3.63, 3.8) is 0 Å². The second-order valence-electron chi connectivity index (χ2n) is 20.6. The third-order valence-electron chi connectivity index (χ3n) is 9.87. The van der Waals surface area contributed by atoms with E-state index in [1.807, 2.05) is 11.4 Å². The van der Waals surface area contributed by atoms with Gasteiger partial charge in [-0.2, -0.15) is 0 Å². The number of rotatable bonds is 32. The average Bonchev–Trinajstić information content (AvgIpc) is 3.93. The van der Waals surface area contributed by atoms with Crippen LogP contribution in [0.4, 0.5) is 0 Å². The van der Waals surface area contributed by atoms with Crippen molar-refractivity contribution in [2.24, 2.45) is 0 Å². The summed E-state index contributed by atoms with van der Waals surface area (Å²) in [6, 6.07) is 6.13. The van der Waals surface area contributed by atoms with Gasteiger partial charge in [0.1, 0.15) is 12.2 Å². The van der Waals surface area contributed by atoms with E-state index in [2.05, 4.69) is 118 Å². The first-order valence-corrected chi connectivity index (χ1v) is 47.1. The zero-order valence-electron chi connectivity index (χ0n) is 38.2. The molecule has 324 valence electrons. The van der Waals surface area contributed by atoms with E-state index >= 15 is 0 Å². The van der Waals surface area contributed by atoms with Crippen molar-refractivity contribution in [1.29, 1.82) is 0 Å². The van der Waals surface area contributed by atoms with Crippen molar-refractivity contribution >= 4 is 75.6 Å². The SMILES string of the molecule is C=C[Si](C)(C)O[Si](O[Si](C)(C)C=C)(O[Si](C)(C)CC[Si](C)(C)O[Si](C)(C)CCCOCC1CO1)O[Si](C)(C)CC[Si](C)(C)O[Si](C)(C)CCCOCC1CO1. The van der Waals surface area contributed by atoms with Gasteiger partial charge < -0.3 is 43.6 Å². The zero-order valence-corrected chi connectivity index (χ0v) is 47.2. The largest absolute Gasteiger partial charge is 0.637 e. The molecule has 0 saturated carbocycles. The molecule has 2 atom stereocenters. The van der Waals surface area contributed by atoms with Gasteiger partial charge in [0.2, 0.25) is 16.6 Å². The van der Waals surface area contributed by atoms with Gasteiger partial charge in [-0.05, 0) is 154 Å². The van der Waals surface area contributed by atoms with Crippen molar-refractivity contribution in [2.45, 2.75) is 166 Å². The Labute approximate surface area is 347 Å². The molecule has 55 heavy (non-hydrogen) atoms. The van der Waals surface area contributed by atoms with E-state index in [0.717, 1.165) is 75.5 Å². The van der Waals surface area contributed by atoms with Gasteiger partial charge in [-0.15, -0.1) is 13.2 Å². The lowest BCUT2D eigenvalue weighted by atomic mass is 10.5. The van der Waals surface area contributed by atoms with Crippen LogP contribution >= 0.6 is 0 Å². The predicted molar refractivity (Wildman–Crippen MR) is 252 cm³/mol. The average molecular weight is 930 g/mol. The fourth-order valence-electron chi connectivity index (χ4n) is 6.49. The maximum Gasteiger partial charge on any atom is 0.637 e. The molecule has 0 aromatic heterocycles. The van der Waals surface area contributed by atoms with Gasteiger partial charge in [-0.25, -0.2) is 0 Å². The van der Waals surface area contributed by atoms with E-state index in [9.17, 15) is 0 Å². The maximum atomic E-state index is 7.41. The Hall–Kier alpha value is 1.03. The smallest absolute Gasteiger partial charge is 0.456 e. The molecule has 2 rings (SSSR count). The van der Waals surface area contributed by atoms with Crippen molar-refractivity contribution in [3.8, 4) is 0 Å².